The first-order valence-corrected chi connectivity index (χ1v) is 9.23. The fourth-order valence-corrected chi connectivity index (χ4v) is 3.56. The predicted octanol–water partition coefficient (Wildman–Crippen LogP) is 3.84. The maximum absolute atomic E-state index is 12.8. The Kier molecular flexibility index (Phi) is 5.95. The van der Waals surface area contributed by atoms with Gasteiger partial charge in [-0.15, -0.1) is 0 Å². The summed E-state index contributed by atoms with van der Waals surface area (Å²) >= 11 is 0. The van der Waals surface area contributed by atoms with Crippen LogP contribution in [0.1, 0.15) is 30.5 Å². The zero-order chi connectivity index (χ0) is 20.0. The van der Waals surface area contributed by atoms with Gasteiger partial charge in [0.2, 0.25) is 0 Å². The van der Waals surface area contributed by atoms with E-state index in [2.05, 4.69) is 6.07 Å². The van der Waals surface area contributed by atoms with Gasteiger partial charge in [0.25, 0.3) is 0 Å². The number of carbonyl (C=O) groups excluding carboxylic acids is 2. The van der Waals surface area contributed by atoms with Gasteiger partial charge in [0.1, 0.15) is 6.61 Å². The number of benzene rings is 2. The van der Waals surface area contributed by atoms with Crippen LogP contribution in [-0.2, 0) is 20.9 Å². The minimum atomic E-state index is -1.46. The predicted molar refractivity (Wildman–Crippen MR) is 102 cm³/mol. The third-order valence-electron chi connectivity index (χ3n) is 4.92. The molecule has 28 heavy (non-hydrogen) atoms. The molecule has 1 fully saturated rings. The van der Waals surface area contributed by atoms with Gasteiger partial charge in [0.15, 0.2) is 5.41 Å². The van der Waals surface area contributed by atoms with E-state index in [1.54, 1.807) is 19.1 Å². The molecular formula is C22H22N2O4. The van der Waals surface area contributed by atoms with Gasteiger partial charge in [-0.2, -0.15) is 5.26 Å². The molecule has 3 rings (SSSR count). The third-order valence-corrected chi connectivity index (χ3v) is 4.92. The van der Waals surface area contributed by atoms with Gasteiger partial charge in [-0.05, 0) is 24.5 Å². The second-order valence-electron chi connectivity index (χ2n) is 6.60. The largest absolute Gasteiger partial charge is 0.465 e. The van der Waals surface area contributed by atoms with Crippen LogP contribution in [0.5, 0.6) is 0 Å². The van der Waals surface area contributed by atoms with Crippen LogP contribution >= 0.6 is 0 Å². The number of rotatable bonds is 5. The monoisotopic (exact) mass is 378 g/mol. The molecule has 0 saturated carbocycles. The molecule has 0 aliphatic carbocycles. The fraction of sp³-hybridized carbons (Fsp3) is 0.318. The van der Waals surface area contributed by atoms with Crippen molar-refractivity contribution in [2.45, 2.75) is 26.0 Å². The number of amides is 1. The molecule has 0 radical (unpaired) electrons. The number of nitrogens with zero attached hydrogens (tertiary/aromatic N) is 2. The third kappa shape index (κ3) is 3.70. The molecule has 1 aliphatic heterocycles. The van der Waals surface area contributed by atoms with Crippen molar-refractivity contribution in [1.82, 2.24) is 4.90 Å². The summed E-state index contributed by atoms with van der Waals surface area (Å²) in [6.07, 6.45) is -0.360. The molecule has 1 aliphatic rings. The van der Waals surface area contributed by atoms with Crippen molar-refractivity contribution < 1.29 is 19.1 Å². The summed E-state index contributed by atoms with van der Waals surface area (Å²) < 4.78 is 10.7. The maximum Gasteiger partial charge on any atom is 0.410 e. The van der Waals surface area contributed by atoms with Crippen molar-refractivity contribution in [3.63, 3.8) is 0 Å². The van der Waals surface area contributed by atoms with Gasteiger partial charge >= 0.3 is 12.1 Å². The highest BCUT2D eigenvalue weighted by Gasteiger charge is 2.57. The zero-order valence-corrected chi connectivity index (χ0v) is 15.7. The summed E-state index contributed by atoms with van der Waals surface area (Å²) in [4.78, 5) is 27.0. The smallest absolute Gasteiger partial charge is 0.410 e. The molecule has 6 nitrogen and oxygen atoms in total. The van der Waals surface area contributed by atoms with Crippen molar-refractivity contribution in [2.75, 3.05) is 13.2 Å². The first-order valence-electron chi connectivity index (χ1n) is 9.23. The molecule has 2 atom stereocenters. The molecule has 0 spiro atoms. The van der Waals surface area contributed by atoms with Gasteiger partial charge in [0.05, 0.1) is 18.7 Å². The second kappa shape index (κ2) is 8.57. The van der Waals surface area contributed by atoms with Crippen molar-refractivity contribution in [1.29, 1.82) is 5.26 Å². The Morgan fingerprint density at radius 1 is 1.11 bits per heavy atom. The van der Waals surface area contributed by atoms with Gasteiger partial charge in [-0.25, -0.2) is 4.79 Å². The van der Waals surface area contributed by atoms with E-state index < -0.39 is 23.5 Å². The molecule has 0 N–H and O–H groups in total. The van der Waals surface area contributed by atoms with Crippen LogP contribution in [0.25, 0.3) is 0 Å². The van der Waals surface area contributed by atoms with Crippen LogP contribution < -0.4 is 0 Å². The lowest BCUT2D eigenvalue weighted by molar-refractivity contribution is -0.153. The van der Waals surface area contributed by atoms with E-state index in [0.29, 0.717) is 5.56 Å². The van der Waals surface area contributed by atoms with E-state index in [1.165, 1.54) is 4.90 Å². The minimum absolute atomic E-state index is 0.122. The highest BCUT2D eigenvalue weighted by atomic mass is 16.6. The quantitative estimate of drug-likeness (QED) is 0.739. The molecule has 144 valence electrons. The normalized spacial score (nSPS) is 21.0. The highest BCUT2D eigenvalue weighted by Crippen LogP contribution is 2.48. The molecular weight excluding hydrogens is 356 g/mol. The van der Waals surface area contributed by atoms with E-state index in [4.69, 9.17) is 9.47 Å². The highest BCUT2D eigenvalue weighted by molar-refractivity contribution is 5.84. The number of ether oxygens (including phenoxy) is 2. The number of carbonyl (C=O) groups is 2. The number of likely N-dealkylation sites (tertiary alicyclic amines) is 1. The molecule has 1 saturated heterocycles. The lowest BCUT2D eigenvalue weighted by Crippen LogP contribution is -2.40. The van der Waals surface area contributed by atoms with E-state index in [-0.39, 0.29) is 26.2 Å². The van der Waals surface area contributed by atoms with Crippen molar-refractivity contribution in [3.8, 4) is 6.07 Å². The lowest BCUT2D eigenvalue weighted by atomic mass is 9.78. The van der Waals surface area contributed by atoms with E-state index in [0.717, 1.165) is 5.56 Å². The van der Waals surface area contributed by atoms with Gasteiger partial charge in [-0.1, -0.05) is 60.7 Å². The number of esters is 1. The topological polar surface area (TPSA) is 79.6 Å². The molecule has 0 bridgehead atoms. The van der Waals surface area contributed by atoms with Crippen LogP contribution in [0.2, 0.25) is 0 Å². The Balaban J connectivity index is 1.88. The average Bonchev–Trinajstić information content (AvgIpc) is 3.14. The van der Waals surface area contributed by atoms with Crippen LogP contribution in [0.3, 0.4) is 0 Å². The molecule has 0 aromatic heterocycles. The summed E-state index contributed by atoms with van der Waals surface area (Å²) in [5.74, 6) is -0.607. The standard InChI is InChI=1S/C22H22N2O4/c1-2-27-20(25)22(16-23)13-14-24(19(22)18-11-7-4-8-12-18)21(26)28-15-17-9-5-3-6-10-17/h3-12,19H,2,13-15H2,1H3/t19-,22-/m0/s1. The summed E-state index contributed by atoms with van der Waals surface area (Å²) in [6, 6.07) is 19.8. The first-order chi connectivity index (χ1) is 13.6. The summed E-state index contributed by atoms with van der Waals surface area (Å²) in [7, 11) is 0. The Morgan fingerprint density at radius 2 is 1.75 bits per heavy atom. The van der Waals surface area contributed by atoms with Gasteiger partial charge in [0, 0.05) is 6.54 Å². The summed E-state index contributed by atoms with van der Waals surface area (Å²) in [6.45, 7) is 2.22. The Labute approximate surface area is 164 Å². The fourth-order valence-electron chi connectivity index (χ4n) is 3.56. The Bertz CT molecular complexity index is 863. The zero-order valence-electron chi connectivity index (χ0n) is 15.7. The van der Waals surface area contributed by atoms with E-state index >= 15 is 0 Å². The molecule has 0 unspecified atom stereocenters. The number of hydrogen-bond donors (Lipinski definition) is 0. The molecule has 1 heterocycles. The molecule has 2 aromatic rings. The van der Waals surface area contributed by atoms with Crippen LogP contribution in [0.4, 0.5) is 4.79 Å². The van der Waals surface area contributed by atoms with Crippen molar-refractivity contribution >= 4 is 12.1 Å². The summed E-state index contributed by atoms with van der Waals surface area (Å²) in [5, 5.41) is 9.92. The number of hydrogen-bond acceptors (Lipinski definition) is 5. The number of nitriles is 1. The van der Waals surface area contributed by atoms with E-state index in [9.17, 15) is 14.9 Å². The second-order valence-corrected chi connectivity index (χ2v) is 6.60. The van der Waals surface area contributed by atoms with Crippen molar-refractivity contribution in [2.24, 2.45) is 5.41 Å². The van der Waals surface area contributed by atoms with Crippen LogP contribution in [0.15, 0.2) is 60.7 Å². The maximum atomic E-state index is 12.8. The first kappa shape index (κ1) is 19.4. The molecule has 2 aromatic carbocycles. The van der Waals surface area contributed by atoms with Crippen molar-refractivity contribution in [3.05, 3.63) is 71.8 Å². The van der Waals surface area contributed by atoms with Crippen LogP contribution in [-0.4, -0.2) is 30.1 Å². The van der Waals surface area contributed by atoms with E-state index in [1.807, 2.05) is 48.5 Å². The van der Waals surface area contributed by atoms with Gasteiger partial charge < -0.3 is 9.47 Å². The molecule has 1 amide bonds. The molecule has 6 heteroatoms. The average molecular weight is 378 g/mol. The lowest BCUT2D eigenvalue weighted by Gasteiger charge is -2.31. The summed E-state index contributed by atoms with van der Waals surface area (Å²) in [5.41, 5.74) is 0.109. The van der Waals surface area contributed by atoms with Crippen LogP contribution in [0, 0.1) is 16.7 Å². The SMILES string of the molecule is CCOC(=O)[C@]1(C#N)CCN(C(=O)OCc2ccccc2)[C@H]1c1ccccc1. The Morgan fingerprint density at radius 3 is 2.36 bits per heavy atom. The minimum Gasteiger partial charge on any atom is -0.465 e. The van der Waals surface area contributed by atoms with Gasteiger partial charge in [-0.3, -0.25) is 9.69 Å². The Hall–Kier alpha value is -3.33.